The van der Waals surface area contributed by atoms with E-state index in [0.717, 1.165) is 25.2 Å². The number of carbonyl (C=O) groups is 1. The summed E-state index contributed by atoms with van der Waals surface area (Å²) in [7, 11) is 2.12. The van der Waals surface area contributed by atoms with Crippen LogP contribution in [0, 0.1) is 0 Å². The summed E-state index contributed by atoms with van der Waals surface area (Å²) in [6, 6.07) is 7.88. The van der Waals surface area contributed by atoms with Crippen LogP contribution in [0.15, 0.2) is 24.3 Å². The molecular weight excluding hydrogens is 264 g/mol. The highest BCUT2D eigenvalue weighted by Gasteiger charge is 2.17. The molecule has 21 heavy (non-hydrogen) atoms. The van der Waals surface area contributed by atoms with Gasteiger partial charge in [0.15, 0.2) is 0 Å². The fourth-order valence-corrected chi connectivity index (χ4v) is 2.93. The van der Waals surface area contributed by atoms with Gasteiger partial charge in [-0.15, -0.1) is 0 Å². The number of likely N-dealkylation sites (N-methyl/N-ethyl adjacent to an activating group) is 1. The highest BCUT2D eigenvalue weighted by atomic mass is 16.4. The number of carboxylic acids is 1. The average molecular weight is 290 g/mol. The number of likely N-dealkylation sites (tertiary alicyclic amines) is 1. The summed E-state index contributed by atoms with van der Waals surface area (Å²) >= 11 is 0. The molecule has 0 bridgehead atoms. The molecule has 1 aromatic carbocycles. The molecule has 0 spiro atoms. The van der Waals surface area contributed by atoms with Crippen molar-refractivity contribution in [3.8, 4) is 0 Å². The molecule has 1 saturated heterocycles. The monoisotopic (exact) mass is 290 g/mol. The standard InChI is InChI=1S/C17H26N2O2/c1-14-5-3-4-10-19(14)12-11-18(2)13-15-6-8-16(9-7-15)17(20)21/h6-9,14H,3-5,10-13H2,1-2H3,(H,20,21)/t14-/m1/s1. The predicted molar refractivity (Wildman–Crippen MR) is 84.6 cm³/mol. The second-order valence-electron chi connectivity index (χ2n) is 6.12. The minimum Gasteiger partial charge on any atom is -0.478 e. The molecule has 0 aromatic heterocycles. The Labute approximate surface area is 127 Å². The van der Waals surface area contributed by atoms with E-state index >= 15 is 0 Å². The van der Waals surface area contributed by atoms with Crippen molar-refractivity contribution in [2.45, 2.75) is 38.8 Å². The number of nitrogens with zero attached hydrogens (tertiary/aromatic N) is 2. The third kappa shape index (κ3) is 4.83. The Balaban J connectivity index is 1.78. The number of piperidine rings is 1. The molecule has 1 fully saturated rings. The second-order valence-corrected chi connectivity index (χ2v) is 6.12. The van der Waals surface area contributed by atoms with Gasteiger partial charge < -0.3 is 10.0 Å². The molecule has 1 N–H and O–H groups in total. The predicted octanol–water partition coefficient (Wildman–Crippen LogP) is 2.69. The number of hydrogen-bond acceptors (Lipinski definition) is 3. The molecule has 4 nitrogen and oxygen atoms in total. The van der Waals surface area contributed by atoms with E-state index in [1.807, 2.05) is 12.1 Å². The van der Waals surface area contributed by atoms with E-state index in [4.69, 9.17) is 5.11 Å². The molecule has 1 aliphatic heterocycles. The van der Waals surface area contributed by atoms with Crippen molar-refractivity contribution in [1.82, 2.24) is 9.80 Å². The fraction of sp³-hybridized carbons (Fsp3) is 0.588. The van der Waals surface area contributed by atoms with Crippen LogP contribution in [-0.4, -0.2) is 53.6 Å². The molecule has 0 aliphatic carbocycles. The zero-order chi connectivity index (χ0) is 15.2. The lowest BCUT2D eigenvalue weighted by Crippen LogP contribution is -2.41. The molecule has 2 rings (SSSR count). The van der Waals surface area contributed by atoms with Gasteiger partial charge in [0.2, 0.25) is 0 Å². The Morgan fingerprint density at radius 3 is 2.67 bits per heavy atom. The van der Waals surface area contributed by atoms with Gasteiger partial charge in [0.05, 0.1) is 5.56 Å². The van der Waals surface area contributed by atoms with Crippen LogP contribution in [0.25, 0.3) is 0 Å². The summed E-state index contributed by atoms with van der Waals surface area (Å²) in [5, 5.41) is 8.89. The van der Waals surface area contributed by atoms with Crippen molar-refractivity contribution in [2.75, 3.05) is 26.7 Å². The molecule has 0 amide bonds. The summed E-state index contributed by atoms with van der Waals surface area (Å²) in [5.41, 5.74) is 1.51. The molecule has 1 aliphatic rings. The Hall–Kier alpha value is -1.39. The summed E-state index contributed by atoms with van der Waals surface area (Å²) < 4.78 is 0. The maximum absolute atomic E-state index is 10.8. The zero-order valence-corrected chi connectivity index (χ0v) is 13.1. The van der Waals surface area contributed by atoms with Gasteiger partial charge in [-0.2, -0.15) is 0 Å². The van der Waals surface area contributed by atoms with Crippen molar-refractivity contribution in [3.05, 3.63) is 35.4 Å². The highest BCUT2D eigenvalue weighted by molar-refractivity contribution is 5.87. The Bertz CT molecular complexity index is 458. The van der Waals surface area contributed by atoms with E-state index in [1.165, 1.54) is 25.8 Å². The number of aromatic carboxylic acids is 1. The minimum absolute atomic E-state index is 0.351. The Morgan fingerprint density at radius 2 is 2.05 bits per heavy atom. The SMILES string of the molecule is C[C@@H]1CCCCN1CCN(C)Cc1ccc(C(=O)O)cc1. The van der Waals surface area contributed by atoms with E-state index in [0.29, 0.717) is 11.6 Å². The van der Waals surface area contributed by atoms with Crippen molar-refractivity contribution < 1.29 is 9.90 Å². The molecule has 0 unspecified atom stereocenters. The van der Waals surface area contributed by atoms with Gasteiger partial charge in [0.1, 0.15) is 0 Å². The van der Waals surface area contributed by atoms with E-state index in [-0.39, 0.29) is 0 Å². The van der Waals surface area contributed by atoms with Gasteiger partial charge in [0.25, 0.3) is 0 Å². The summed E-state index contributed by atoms with van der Waals surface area (Å²) in [5.74, 6) is -0.867. The number of hydrogen-bond donors (Lipinski definition) is 1. The van der Waals surface area contributed by atoms with Crippen LogP contribution >= 0.6 is 0 Å². The van der Waals surface area contributed by atoms with Crippen LogP contribution in [0.2, 0.25) is 0 Å². The molecule has 0 radical (unpaired) electrons. The van der Waals surface area contributed by atoms with Gasteiger partial charge >= 0.3 is 5.97 Å². The summed E-state index contributed by atoms with van der Waals surface area (Å²) in [4.78, 5) is 15.7. The maximum atomic E-state index is 10.8. The van der Waals surface area contributed by atoms with Crippen LogP contribution < -0.4 is 0 Å². The first kappa shape index (κ1) is 16.0. The van der Waals surface area contributed by atoms with Crippen molar-refractivity contribution in [2.24, 2.45) is 0 Å². The van der Waals surface area contributed by atoms with Gasteiger partial charge in [-0.1, -0.05) is 18.6 Å². The fourth-order valence-electron chi connectivity index (χ4n) is 2.93. The van der Waals surface area contributed by atoms with E-state index in [9.17, 15) is 4.79 Å². The Morgan fingerprint density at radius 1 is 1.33 bits per heavy atom. The lowest BCUT2D eigenvalue weighted by Gasteiger charge is -2.34. The van der Waals surface area contributed by atoms with Crippen LogP contribution in [0.4, 0.5) is 0 Å². The second kappa shape index (κ2) is 7.57. The first-order valence-electron chi connectivity index (χ1n) is 7.81. The van der Waals surface area contributed by atoms with Crippen LogP contribution in [-0.2, 0) is 6.54 Å². The molecular formula is C17H26N2O2. The first-order chi connectivity index (χ1) is 10.1. The number of carboxylic acid groups (broad SMARTS) is 1. The number of rotatable bonds is 6. The lowest BCUT2D eigenvalue weighted by atomic mass is 10.0. The largest absolute Gasteiger partial charge is 0.478 e. The van der Waals surface area contributed by atoms with Gasteiger partial charge in [-0.25, -0.2) is 4.79 Å². The van der Waals surface area contributed by atoms with E-state index in [1.54, 1.807) is 12.1 Å². The topological polar surface area (TPSA) is 43.8 Å². The molecule has 4 heteroatoms. The average Bonchev–Trinajstić information content (AvgIpc) is 2.47. The third-order valence-electron chi connectivity index (χ3n) is 4.36. The highest BCUT2D eigenvalue weighted by Crippen LogP contribution is 2.16. The van der Waals surface area contributed by atoms with Crippen LogP contribution in [0.5, 0.6) is 0 Å². The summed E-state index contributed by atoms with van der Waals surface area (Å²) in [6.45, 7) is 6.57. The zero-order valence-electron chi connectivity index (χ0n) is 13.1. The smallest absolute Gasteiger partial charge is 0.335 e. The summed E-state index contributed by atoms with van der Waals surface area (Å²) in [6.07, 6.45) is 4.01. The molecule has 1 atom stereocenters. The van der Waals surface area contributed by atoms with E-state index < -0.39 is 5.97 Å². The molecule has 0 saturated carbocycles. The lowest BCUT2D eigenvalue weighted by molar-refractivity contribution is 0.0697. The Kier molecular flexibility index (Phi) is 5.76. The normalized spacial score (nSPS) is 19.9. The van der Waals surface area contributed by atoms with Crippen LogP contribution in [0.1, 0.15) is 42.1 Å². The third-order valence-corrected chi connectivity index (χ3v) is 4.36. The molecule has 1 heterocycles. The first-order valence-corrected chi connectivity index (χ1v) is 7.81. The van der Waals surface area contributed by atoms with Crippen LogP contribution in [0.3, 0.4) is 0 Å². The maximum Gasteiger partial charge on any atom is 0.335 e. The van der Waals surface area contributed by atoms with Gasteiger partial charge in [-0.3, -0.25) is 4.90 Å². The minimum atomic E-state index is -0.867. The van der Waals surface area contributed by atoms with Crippen molar-refractivity contribution in [1.29, 1.82) is 0 Å². The van der Waals surface area contributed by atoms with E-state index in [2.05, 4.69) is 23.8 Å². The van der Waals surface area contributed by atoms with Crippen molar-refractivity contribution >= 4 is 5.97 Å². The van der Waals surface area contributed by atoms with Gasteiger partial charge in [-0.05, 0) is 51.1 Å². The quantitative estimate of drug-likeness (QED) is 0.875. The van der Waals surface area contributed by atoms with Gasteiger partial charge in [0, 0.05) is 25.7 Å². The number of benzene rings is 1. The van der Waals surface area contributed by atoms with Crippen molar-refractivity contribution in [3.63, 3.8) is 0 Å². The molecule has 116 valence electrons. The molecule has 1 aromatic rings.